The van der Waals surface area contributed by atoms with Crippen LogP contribution in [0.3, 0.4) is 0 Å². The van der Waals surface area contributed by atoms with E-state index in [0.29, 0.717) is 0 Å². The smallest absolute Gasteiger partial charge is 0.268 e. The molecule has 1 aromatic rings. The van der Waals surface area contributed by atoms with Gasteiger partial charge >= 0.3 is 0 Å². The van der Waals surface area contributed by atoms with Gasteiger partial charge in [-0.05, 0) is 18.6 Å². The van der Waals surface area contributed by atoms with Gasteiger partial charge < -0.3 is 0 Å². The minimum atomic E-state index is -0.663. The Morgan fingerprint density at radius 3 is 1.78 bits per heavy atom. The van der Waals surface area contributed by atoms with E-state index in [1.807, 2.05) is 0 Å². The summed E-state index contributed by atoms with van der Waals surface area (Å²) in [5.41, 5.74) is 0.555. The van der Waals surface area contributed by atoms with Crippen LogP contribution in [-0.2, 0) is 0 Å². The van der Waals surface area contributed by atoms with Gasteiger partial charge in [0, 0.05) is 7.05 Å². The molecule has 0 fully saturated rings. The molecular formula is C15H10Cl4N2O2. The molecule has 0 aliphatic carbocycles. The molecule has 0 radical (unpaired) electrons. The largest absolute Gasteiger partial charge is 0.271 e. The second-order valence-corrected chi connectivity index (χ2v) is 6.14. The minimum Gasteiger partial charge on any atom is -0.271 e. The Morgan fingerprint density at radius 2 is 1.43 bits per heavy atom. The Bertz CT molecular complexity index is 765. The predicted octanol–water partition coefficient (Wildman–Crippen LogP) is 5.06. The maximum absolute atomic E-state index is 12.6. The van der Waals surface area contributed by atoms with E-state index in [1.54, 1.807) is 19.1 Å². The van der Waals surface area contributed by atoms with Crippen LogP contribution >= 0.6 is 46.4 Å². The average molecular weight is 392 g/mol. The highest BCUT2D eigenvalue weighted by atomic mass is 35.5. The molecule has 1 aliphatic rings. The molecule has 0 atom stereocenters. The molecular weight excluding hydrogens is 382 g/mol. The van der Waals surface area contributed by atoms with E-state index in [9.17, 15) is 9.59 Å². The number of benzene rings is 1. The summed E-state index contributed by atoms with van der Waals surface area (Å²) in [4.78, 5) is 30.1. The third-order valence-corrected chi connectivity index (χ3v) is 5.04. The molecule has 0 aromatic heterocycles. The molecule has 0 bridgehead atoms. The summed E-state index contributed by atoms with van der Waals surface area (Å²) in [6.45, 7) is 5.37. The number of rotatable bonds is 2. The summed E-state index contributed by atoms with van der Waals surface area (Å²) in [6, 6.07) is 0. The van der Waals surface area contributed by atoms with E-state index in [-0.39, 0.29) is 37.1 Å². The van der Waals surface area contributed by atoms with Gasteiger partial charge in [0.05, 0.1) is 31.2 Å². The first-order valence-electron chi connectivity index (χ1n) is 6.28. The Labute approximate surface area is 153 Å². The molecule has 23 heavy (non-hydrogen) atoms. The Morgan fingerprint density at radius 1 is 1.00 bits per heavy atom. The van der Waals surface area contributed by atoms with Gasteiger partial charge in [0.15, 0.2) is 0 Å². The molecule has 120 valence electrons. The van der Waals surface area contributed by atoms with Gasteiger partial charge in [0.25, 0.3) is 11.8 Å². The van der Waals surface area contributed by atoms with Crippen LogP contribution in [0.25, 0.3) is 0 Å². The standard InChI is InChI=1S/C15H10Cl4N2O2/c1-4-6(2)5-7(20-3)21-14(22)8-9(15(21)23)11(17)13(19)12(18)10(8)16/h4-5H,1H2,2-3H3/b6-5-,20-7?. The Balaban J connectivity index is 2.70. The Hall–Kier alpha value is -1.33. The quantitative estimate of drug-likeness (QED) is 0.177. The molecule has 0 N–H and O–H groups in total. The van der Waals surface area contributed by atoms with Crippen LogP contribution in [0.2, 0.25) is 20.1 Å². The minimum absolute atomic E-state index is 0.0760. The van der Waals surface area contributed by atoms with Crippen molar-refractivity contribution in [2.75, 3.05) is 7.05 Å². The van der Waals surface area contributed by atoms with Crippen molar-refractivity contribution < 1.29 is 9.59 Å². The first kappa shape index (κ1) is 18.0. The predicted molar refractivity (Wildman–Crippen MR) is 94.3 cm³/mol. The van der Waals surface area contributed by atoms with Crippen molar-refractivity contribution in [1.82, 2.24) is 4.90 Å². The number of amides is 2. The van der Waals surface area contributed by atoms with E-state index < -0.39 is 11.8 Å². The van der Waals surface area contributed by atoms with Gasteiger partial charge in [0.1, 0.15) is 5.84 Å². The molecule has 0 saturated carbocycles. The molecule has 4 nitrogen and oxygen atoms in total. The lowest BCUT2D eigenvalue weighted by molar-refractivity contribution is 0.0750. The van der Waals surface area contributed by atoms with Crippen molar-refractivity contribution in [3.05, 3.63) is 55.5 Å². The average Bonchev–Trinajstić information content (AvgIpc) is 2.79. The molecule has 0 spiro atoms. The van der Waals surface area contributed by atoms with Gasteiger partial charge in [0.2, 0.25) is 0 Å². The molecule has 0 unspecified atom stereocenters. The fourth-order valence-corrected chi connectivity index (χ4v) is 3.06. The zero-order valence-electron chi connectivity index (χ0n) is 12.1. The third kappa shape index (κ3) is 2.81. The van der Waals surface area contributed by atoms with Crippen LogP contribution in [0.4, 0.5) is 0 Å². The number of carbonyl (C=O) groups is 2. The van der Waals surface area contributed by atoms with Crippen LogP contribution in [-0.4, -0.2) is 29.6 Å². The number of fused-ring (bicyclic) bond motifs is 1. The number of halogens is 4. The van der Waals surface area contributed by atoms with E-state index in [0.717, 1.165) is 10.5 Å². The lowest BCUT2D eigenvalue weighted by atomic mass is 10.1. The SMILES string of the molecule is C=C/C(C)=C\C(=NC)N1C(=O)c2c(Cl)c(Cl)c(Cl)c(Cl)c2C1=O. The van der Waals surface area contributed by atoms with E-state index >= 15 is 0 Å². The summed E-state index contributed by atoms with van der Waals surface area (Å²) in [6.07, 6.45) is 3.11. The summed E-state index contributed by atoms with van der Waals surface area (Å²) in [7, 11) is 1.45. The van der Waals surface area contributed by atoms with Crippen molar-refractivity contribution in [3.63, 3.8) is 0 Å². The van der Waals surface area contributed by atoms with Crippen molar-refractivity contribution in [3.8, 4) is 0 Å². The van der Waals surface area contributed by atoms with Crippen LogP contribution in [0, 0.1) is 0 Å². The van der Waals surface area contributed by atoms with Crippen molar-refractivity contribution in [2.45, 2.75) is 6.92 Å². The Kier molecular flexibility index (Phi) is 5.21. The van der Waals surface area contributed by atoms with Crippen molar-refractivity contribution in [1.29, 1.82) is 0 Å². The second-order valence-electron chi connectivity index (χ2n) is 4.63. The summed E-state index contributed by atoms with van der Waals surface area (Å²) in [5, 5.41) is -0.380. The fourth-order valence-electron chi connectivity index (χ4n) is 2.05. The lowest BCUT2D eigenvalue weighted by Crippen LogP contribution is -2.35. The van der Waals surface area contributed by atoms with Gasteiger partial charge in [-0.25, -0.2) is 4.90 Å². The molecule has 2 amide bonds. The van der Waals surface area contributed by atoms with Gasteiger partial charge in [-0.15, -0.1) is 0 Å². The summed E-state index contributed by atoms with van der Waals surface area (Å²) >= 11 is 24.1. The van der Waals surface area contributed by atoms with E-state index in [1.165, 1.54) is 7.05 Å². The van der Waals surface area contributed by atoms with Crippen molar-refractivity contribution in [2.24, 2.45) is 4.99 Å². The van der Waals surface area contributed by atoms with Crippen LogP contribution in [0.5, 0.6) is 0 Å². The molecule has 0 saturated heterocycles. The maximum atomic E-state index is 12.6. The highest BCUT2D eigenvalue weighted by molar-refractivity contribution is 6.55. The number of nitrogens with zero attached hydrogens (tertiary/aromatic N) is 2. The molecule has 1 heterocycles. The molecule has 1 aliphatic heterocycles. The number of imide groups is 1. The zero-order chi connectivity index (χ0) is 17.5. The highest BCUT2D eigenvalue weighted by Gasteiger charge is 2.43. The summed E-state index contributed by atoms with van der Waals surface area (Å²) in [5.74, 6) is -1.19. The first-order chi connectivity index (χ1) is 10.8. The van der Waals surface area contributed by atoms with E-state index in [4.69, 9.17) is 46.4 Å². The van der Waals surface area contributed by atoms with E-state index in [2.05, 4.69) is 11.6 Å². The van der Waals surface area contributed by atoms with Gasteiger partial charge in [-0.3, -0.25) is 14.6 Å². The number of allylic oxidation sites excluding steroid dienone is 2. The number of hydrogen-bond acceptors (Lipinski definition) is 3. The number of hydrogen-bond donors (Lipinski definition) is 0. The number of amidine groups is 1. The molecule has 1 aromatic carbocycles. The van der Waals surface area contributed by atoms with Crippen LogP contribution in [0.1, 0.15) is 27.6 Å². The van der Waals surface area contributed by atoms with Gasteiger partial charge in [-0.2, -0.15) is 0 Å². The van der Waals surface area contributed by atoms with Crippen LogP contribution in [0.15, 0.2) is 29.3 Å². The molecule has 8 heteroatoms. The summed E-state index contributed by atoms with van der Waals surface area (Å²) < 4.78 is 0. The third-order valence-electron chi connectivity index (χ3n) is 3.24. The lowest BCUT2D eigenvalue weighted by Gasteiger charge is -2.13. The van der Waals surface area contributed by atoms with Crippen molar-refractivity contribution >= 4 is 64.1 Å². The number of aliphatic imine (C=N–C) groups is 1. The molecule has 2 rings (SSSR count). The zero-order valence-corrected chi connectivity index (χ0v) is 15.1. The fraction of sp³-hybridized carbons (Fsp3) is 0.133. The second kappa shape index (κ2) is 6.65. The normalized spacial score (nSPS) is 15.3. The maximum Gasteiger partial charge on any atom is 0.268 e. The monoisotopic (exact) mass is 390 g/mol. The van der Waals surface area contributed by atoms with Crippen LogP contribution < -0.4 is 0 Å². The first-order valence-corrected chi connectivity index (χ1v) is 7.79. The topological polar surface area (TPSA) is 49.7 Å². The van der Waals surface area contributed by atoms with Gasteiger partial charge in [-0.1, -0.05) is 59.1 Å². The number of carbonyl (C=O) groups excluding carboxylic acids is 2. The highest BCUT2D eigenvalue weighted by Crippen LogP contribution is 2.44.